The highest BCUT2D eigenvalue weighted by Crippen LogP contribution is 1.65. The van der Waals surface area contributed by atoms with Crippen LogP contribution in [0.25, 0.3) is 0 Å². The summed E-state index contributed by atoms with van der Waals surface area (Å²) in [5.74, 6) is -0.333. The molecule has 0 aromatic carbocycles. The highest BCUT2D eigenvalue weighted by molar-refractivity contribution is 5.71. The van der Waals surface area contributed by atoms with Gasteiger partial charge in [-0.05, 0) is 13.8 Å². The first kappa shape index (κ1) is 10.3. The van der Waals surface area contributed by atoms with Crippen molar-refractivity contribution in [2.45, 2.75) is 20.0 Å². The fourth-order valence-electron chi connectivity index (χ4n) is 0. The molecule has 0 rings (SSSR count). The first-order valence-corrected chi connectivity index (χ1v) is 2.24. The summed E-state index contributed by atoms with van der Waals surface area (Å²) >= 11 is 0. The smallest absolute Gasteiger partial charge is 0.183 e. The van der Waals surface area contributed by atoms with Crippen molar-refractivity contribution in [3.63, 3.8) is 0 Å². The zero-order valence-corrected chi connectivity index (χ0v) is 5.18. The van der Waals surface area contributed by atoms with Crippen molar-refractivity contribution in [2.24, 2.45) is 11.5 Å². The second-order valence-corrected chi connectivity index (χ2v) is 1.55. The largest absolute Gasteiger partial charge is 0.394 e. The Morgan fingerprint density at radius 2 is 1.50 bits per heavy atom. The quantitative estimate of drug-likeness (QED) is 0.249. The molecule has 0 saturated carbocycles. The monoisotopic (exact) mass is 119 g/mol. The van der Waals surface area contributed by atoms with E-state index in [9.17, 15) is 0 Å². The third kappa shape index (κ3) is 158. The highest BCUT2D eigenvalue weighted by atomic mass is 16.3. The minimum Gasteiger partial charge on any atom is -0.394 e. The summed E-state index contributed by atoms with van der Waals surface area (Å²) in [5.41, 5.74) is 8.94. The summed E-state index contributed by atoms with van der Waals surface area (Å²) in [6, 6.07) is 0. The molecule has 0 aliphatic rings. The van der Waals surface area contributed by atoms with Crippen LogP contribution in [0.2, 0.25) is 0 Å². The van der Waals surface area contributed by atoms with Gasteiger partial charge in [0.1, 0.15) is 0 Å². The lowest BCUT2D eigenvalue weighted by Crippen LogP contribution is -2.20. The van der Waals surface area contributed by atoms with E-state index < -0.39 is 0 Å². The molecule has 0 fully saturated rings. The highest BCUT2D eigenvalue weighted by Gasteiger charge is 1.69. The van der Waals surface area contributed by atoms with Gasteiger partial charge in [-0.1, -0.05) is 0 Å². The predicted octanol–water partition coefficient (Wildman–Crippen LogP) is -0.774. The van der Waals surface area contributed by atoms with Crippen LogP contribution in [-0.4, -0.2) is 17.2 Å². The van der Waals surface area contributed by atoms with Crippen molar-refractivity contribution < 1.29 is 5.11 Å². The Hall–Kier alpha value is -0.770. The minimum absolute atomic E-state index is 0.167. The molecule has 0 aliphatic carbocycles. The molecule has 6 N–H and O–H groups in total. The van der Waals surface area contributed by atoms with Crippen LogP contribution < -0.4 is 11.5 Å². The van der Waals surface area contributed by atoms with Crippen LogP contribution in [0.3, 0.4) is 0 Å². The lowest BCUT2D eigenvalue weighted by molar-refractivity contribution is 0.216. The first-order chi connectivity index (χ1) is 3.46. The Balaban J connectivity index is 0. The Labute approximate surface area is 49.0 Å². The zero-order chi connectivity index (χ0) is 7.15. The Bertz CT molecular complexity index is 55.5. The number of nitrogens with two attached hydrogens (primary N) is 2. The van der Waals surface area contributed by atoms with E-state index in [0.29, 0.717) is 0 Å². The Kier molecular flexibility index (Phi) is 7.99. The van der Waals surface area contributed by atoms with Crippen molar-refractivity contribution in [1.29, 1.82) is 5.41 Å². The average molecular weight is 119 g/mol. The lowest BCUT2D eigenvalue weighted by Gasteiger charge is -1.80. The number of guanidine groups is 1. The van der Waals surface area contributed by atoms with E-state index in [0.717, 1.165) is 0 Å². The number of hydrogen-bond donors (Lipinski definition) is 4. The summed E-state index contributed by atoms with van der Waals surface area (Å²) < 4.78 is 0. The molecule has 0 bridgehead atoms. The van der Waals surface area contributed by atoms with Gasteiger partial charge in [0.15, 0.2) is 5.96 Å². The van der Waals surface area contributed by atoms with E-state index >= 15 is 0 Å². The van der Waals surface area contributed by atoms with E-state index in [1.165, 1.54) is 0 Å². The number of aliphatic hydroxyl groups excluding tert-OH is 1. The van der Waals surface area contributed by atoms with Gasteiger partial charge in [0.25, 0.3) is 0 Å². The van der Waals surface area contributed by atoms with Gasteiger partial charge in [-0.15, -0.1) is 0 Å². The van der Waals surface area contributed by atoms with Gasteiger partial charge in [-0.25, -0.2) is 0 Å². The van der Waals surface area contributed by atoms with Crippen LogP contribution in [0.1, 0.15) is 13.8 Å². The topological polar surface area (TPSA) is 96.1 Å². The van der Waals surface area contributed by atoms with Crippen molar-refractivity contribution in [3.8, 4) is 0 Å². The molecular weight excluding hydrogens is 106 g/mol. The summed E-state index contributed by atoms with van der Waals surface area (Å²) in [6.07, 6.45) is -0.167. The van der Waals surface area contributed by atoms with Gasteiger partial charge in [-0.2, -0.15) is 0 Å². The Morgan fingerprint density at radius 3 is 1.50 bits per heavy atom. The maximum Gasteiger partial charge on any atom is 0.183 e. The van der Waals surface area contributed by atoms with E-state index in [1.54, 1.807) is 13.8 Å². The van der Waals surface area contributed by atoms with Gasteiger partial charge in [-0.3, -0.25) is 5.41 Å². The summed E-state index contributed by atoms with van der Waals surface area (Å²) in [6.45, 7) is 3.44. The molecule has 0 aromatic rings. The molecule has 50 valence electrons. The van der Waals surface area contributed by atoms with Crippen molar-refractivity contribution in [1.82, 2.24) is 0 Å². The molecule has 0 atom stereocenters. The minimum atomic E-state index is -0.333. The standard InChI is InChI=1S/C3H8O.CH5N3/c1-3(2)4;2-1(3)4/h3-4H,1-2H3;(H5,2,3,4). The molecule has 0 amide bonds. The van der Waals surface area contributed by atoms with Crippen LogP contribution in [0.5, 0.6) is 0 Å². The number of nitrogens with one attached hydrogen (secondary N) is 1. The SMILES string of the molecule is CC(C)O.N=C(N)N. The summed E-state index contributed by atoms with van der Waals surface area (Å²) in [7, 11) is 0. The van der Waals surface area contributed by atoms with E-state index in [2.05, 4.69) is 11.5 Å². The number of hydrogen-bond acceptors (Lipinski definition) is 2. The maximum absolute atomic E-state index is 8.06. The molecule has 4 nitrogen and oxygen atoms in total. The van der Waals surface area contributed by atoms with Gasteiger partial charge in [0.05, 0.1) is 0 Å². The molecule has 0 aromatic heterocycles. The molecule has 8 heavy (non-hydrogen) atoms. The number of aliphatic hydroxyl groups is 1. The molecule has 0 heterocycles. The predicted molar refractivity (Wildman–Crippen MR) is 33.5 cm³/mol. The van der Waals surface area contributed by atoms with Crippen LogP contribution in [-0.2, 0) is 0 Å². The van der Waals surface area contributed by atoms with Crippen molar-refractivity contribution >= 4 is 5.96 Å². The second-order valence-electron chi connectivity index (χ2n) is 1.55. The second kappa shape index (κ2) is 6.23. The maximum atomic E-state index is 8.06. The molecular formula is C4H13N3O. The fourth-order valence-corrected chi connectivity index (χ4v) is 0. The molecule has 4 heteroatoms. The van der Waals surface area contributed by atoms with Gasteiger partial charge < -0.3 is 16.6 Å². The zero-order valence-electron chi connectivity index (χ0n) is 5.18. The van der Waals surface area contributed by atoms with Gasteiger partial charge in [0.2, 0.25) is 0 Å². The number of rotatable bonds is 0. The van der Waals surface area contributed by atoms with Gasteiger partial charge >= 0.3 is 0 Å². The van der Waals surface area contributed by atoms with Crippen LogP contribution >= 0.6 is 0 Å². The molecule has 0 saturated heterocycles. The normalized spacial score (nSPS) is 7.50. The van der Waals surface area contributed by atoms with Crippen LogP contribution in [0, 0.1) is 5.41 Å². The van der Waals surface area contributed by atoms with Crippen molar-refractivity contribution in [3.05, 3.63) is 0 Å². The van der Waals surface area contributed by atoms with Crippen LogP contribution in [0.4, 0.5) is 0 Å². The first-order valence-electron chi connectivity index (χ1n) is 2.24. The third-order valence-electron chi connectivity index (χ3n) is 0. The van der Waals surface area contributed by atoms with Crippen LogP contribution in [0.15, 0.2) is 0 Å². The molecule has 0 aliphatic heterocycles. The van der Waals surface area contributed by atoms with E-state index in [4.69, 9.17) is 10.5 Å². The van der Waals surface area contributed by atoms with Gasteiger partial charge in [0, 0.05) is 6.10 Å². The van der Waals surface area contributed by atoms with E-state index in [1.807, 2.05) is 0 Å². The third-order valence-corrected chi connectivity index (χ3v) is 0. The average Bonchev–Trinajstić information content (AvgIpc) is 1.25. The lowest BCUT2D eigenvalue weighted by atomic mass is 10.5. The molecule has 0 radical (unpaired) electrons. The van der Waals surface area contributed by atoms with Crippen molar-refractivity contribution in [2.75, 3.05) is 0 Å². The summed E-state index contributed by atoms with van der Waals surface area (Å²) in [4.78, 5) is 0. The summed E-state index contributed by atoms with van der Waals surface area (Å²) in [5, 5.41) is 14.1. The Morgan fingerprint density at radius 1 is 1.50 bits per heavy atom. The fraction of sp³-hybridized carbons (Fsp3) is 0.750. The molecule has 0 unspecified atom stereocenters. The van der Waals surface area contributed by atoms with E-state index in [-0.39, 0.29) is 12.1 Å². The molecule has 0 spiro atoms.